The first-order chi connectivity index (χ1) is 10.9. The van der Waals surface area contributed by atoms with Gasteiger partial charge in [0.05, 0.1) is 5.69 Å². The zero-order valence-corrected chi connectivity index (χ0v) is 14.8. The number of nitrogens with zero attached hydrogens (tertiary/aromatic N) is 4. The predicted octanol–water partition coefficient (Wildman–Crippen LogP) is 2.43. The molecule has 8 heteroatoms. The number of hydrogen-bond acceptors (Lipinski definition) is 3. The Balaban J connectivity index is 2.05. The first-order valence-electron chi connectivity index (χ1n) is 8.06. The van der Waals surface area contributed by atoms with Crippen molar-refractivity contribution in [1.82, 2.24) is 19.6 Å². The maximum Gasteiger partial charge on any atom is 0.403 e. The summed E-state index contributed by atoms with van der Waals surface area (Å²) in [5.41, 5.74) is 1.12. The van der Waals surface area contributed by atoms with E-state index in [1.807, 2.05) is 20.8 Å². The van der Waals surface area contributed by atoms with Crippen molar-refractivity contribution in [3.63, 3.8) is 0 Å². The van der Waals surface area contributed by atoms with E-state index < -0.39 is 12.2 Å². The number of aryl methyl sites for hydroxylation is 1. The van der Waals surface area contributed by atoms with E-state index in [4.69, 9.17) is 0 Å². The topological polar surface area (TPSA) is 41.4 Å². The molecule has 0 bridgehead atoms. The lowest BCUT2D eigenvalue weighted by molar-refractivity contribution is -0.181. The highest BCUT2D eigenvalue weighted by Crippen LogP contribution is 2.26. The summed E-state index contributed by atoms with van der Waals surface area (Å²) < 4.78 is 39.9. The third-order valence-electron chi connectivity index (χ3n) is 4.49. The van der Waals surface area contributed by atoms with Crippen LogP contribution in [0.15, 0.2) is 6.07 Å². The van der Waals surface area contributed by atoms with Crippen molar-refractivity contribution in [3.8, 4) is 0 Å². The van der Waals surface area contributed by atoms with Crippen molar-refractivity contribution in [2.45, 2.75) is 45.3 Å². The highest BCUT2D eigenvalue weighted by Gasteiger charge is 2.41. The van der Waals surface area contributed by atoms with Gasteiger partial charge in [-0.2, -0.15) is 18.3 Å². The Morgan fingerprint density at radius 1 is 1.17 bits per heavy atom. The molecule has 1 amide bonds. The molecule has 1 fully saturated rings. The zero-order valence-electron chi connectivity index (χ0n) is 14.8. The number of carbonyl (C=O) groups excluding carboxylic acids is 1. The molecule has 136 valence electrons. The van der Waals surface area contributed by atoms with Crippen molar-refractivity contribution in [3.05, 3.63) is 17.5 Å². The lowest BCUT2D eigenvalue weighted by Crippen LogP contribution is -2.54. The summed E-state index contributed by atoms with van der Waals surface area (Å²) in [5, 5.41) is 4.38. The van der Waals surface area contributed by atoms with E-state index in [1.54, 1.807) is 22.7 Å². The van der Waals surface area contributed by atoms with Crippen LogP contribution >= 0.6 is 0 Å². The maximum atomic E-state index is 12.8. The quantitative estimate of drug-likeness (QED) is 0.826. The minimum absolute atomic E-state index is 0.170. The van der Waals surface area contributed by atoms with Crippen LogP contribution in [0, 0.1) is 0 Å². The van der Waals surface area contributed by atoms with Crippen LogP contribution in [0.5, 0.6) is 0 Å². The van der Waals surface area contributed by atoms with E-state index in [1.165, 1.54) is 4.90 Å². The average Bonchev–Trinajstić information content (AvgIpc) is 2.87. The Morgan fingerprint density at radius 3 is 2.12 bits per heavy atom. The number of halogens is 3. The summed E-state index contributed by atoms with van der Waals surface area (Å²) in [6, 6.07) is 0.284. The van der Waals surface area contributed by atoms with Crippen LogP contribution in [0.2, 0.25) is 0 Å². The van der Waals surface area contributed by atoms with Gasteiger partial charge in [-0.15, -0.1) is 0 Å². The summed E-state index contributed by atoms with van der Waals surface area (Å²) in [5.74, 6) is -0.181. The molecule has 0 radical (unpaired) electrons. The summed E-state index contributed by atoms with van der Waals surface area (Å²) in [6.45, 7) is 8.22. The Bertz CT molecular complexity index is 595. The van der Waals surface area contributed by atoms with Gasteiger partial charge in [-0.1, -0.05) is 20.8 Å². The first-order valence-corrected chi connectivity index (χ1v) is 8.06. The van der Waals surface area contributed by atoms with Crippen LogP contribution in [-0.4, -0.2) is 63.9 Å². The second-order valence-electron chi connectivity index (χ2n) is 7.33. The molecule has 1 saturated heterocycles. The lowest BCUT2D eigenvalue weighted by Gasteiger charge is -2.38. The number of alkyl halides is 3. The van der Waals surface area contributed by atoms with Crippen molar-refractivity contribution in [1.29, 1.82) is 0 Å². The molecule has 1 aromatic heterocycles. The molecule has 1 aliphatic rings. The van der Waals surface area contributed by atoms with E-state index in [0.29, 0.717) is 5.69 Å². The fourth-order valence-corrected chi connectivity index (χ4v) is 2.72. The molecule has 2 rings (SSSR count). The molecule has 0 N–H and O–H groups in total. The molecule has 0 unspecified atom stereocenters. The molecule has 1 aromatic rings. The monoisotopic (exact) mass is 346 g/mol. The van der Waals surface area contributed by atoms with Crippen molar-refractivity contribution >= 4 is 5.91 Å². The van der Waals surface area contributed by atoms with Gasteiger partial charge >= 0.3 is 6.18 Å². The molecule has 1 aliphatic heterocycles. The summed E-state index contributed by atoms with van der Waals surface area (Å²) in [7, 11) is 1.71. The summed E-state index contributed by atoms with van der Waals surface area (Å²) in [4.78, 5) is 15.6. The first kappa shape index (κ1) is 18.8. The van der Waals surface area contributed by atoms with Gasteiger partial charge in [-0.3, -0.25) is 14.4 Å². The predicted molar refractivity (Wildman–Crippen MR) is 84.9 cm³/mol. The number of aromatic nitrogens is 2. The van der Waals surface area contributed by atoms with Gasteiger partial charge in [-0.25, -0.2) is 0 Å². The molecule has 0 aromatic carbocycles. The van der Waals surface area contributed by atoms with E-state index in [0.717, 1.165) is 12.6 Å². The molecule has 0 spiro atoms. The largest absolute Gasteiger partial charge is 0.403 e. The number of piperazine rings is 1. The van der Waals surface area contributed by atoms with Crippen LogP contribution < -0.4 is 0 Å². The minimum Gasteiger partial charge on any atom is -0.335 e. The Morgan fingerprint density at radius 2 is 1.71 bits per heavy atom. The van der Waals surface area contributed by atoms with Crippen LogP contribution in [0.1, 0.15) is 43.9 Å². The van der Waals surface area contributed by atoms with E-state index in [-0.39, 0.29) is 37.5 Å². The minimum atomic E-state index is -4.24. The third kappa shape index (κ3) is 3.91. The molecule has 5 nitrogen and oxygen atoms in total. The maximum absolute atomic E-state index is 12.8. The van der Waals surface area contributed by atoms with Crippen LogP contribution in [0.4, 0.5) is 13.2 Å². The molecule has 24 heavy (non-hydrogen) atoms. The highest BCUT2D eigenvalue weighted by molar-refractivity contribution is 5.92. The molecule has 1 atom stereocenters. The molecule has 2 heterocycles. The van der Waals surface area contributed by atoms with Gasteiger partial charge in [-0.05, 0) is 13.0 Å². The van der Waals surface area contributed by atoms with E-state index in [9.17, 15) is 18.0 Å². The van der Waals surface area contributed by atoms with Gasteiger partial charge in [0.1, 0.15) is 11.7 Å². The van der Waals surface area contributed by atoms with Gasteiger partial charge in [0.15, 0.2) is 0 Å². The van der Waals surface area contributed by atoms with Gasteiger partial charge in [0.2, 0.25) is 0 Å². The van der Waals surface area contributed by atoms with Gasteiger partial charge < -0.3 is 4.90 Å². The Labute approximate surface area is 140 Å². The smallest absolute Gasteiger partial charge is 0.335 e. The number of rotatable bonds is 2. The Hall–Kier alpha value is -1.57. The fourth-order valence-electron chi connectivity index (χ4n) is 2.72. The molecule has 0 saturated carbocycles. The normalized spacial score (nSPS) is 18.8. The lowest BCUT2D eigenvalue weighted by atomic mass is 9.92. The van der Waals surface area contributed by atoms with Crippen molar-refractivity contribution < 1.29 is 18.0 Å². The fraction of sp³-hybridized carbons (Fsp3) is 0.750. The second-order valence-corrected chi connectivity index (χ2v) is 7.33. The SMILES string of the molecule is C[C@H](N1CCN(C(=O)c2cc(C(C)(C)C)nn2C)CC1)C(F)(F)F. The van der Waals surface area contributed by atoms with Crippen LogP contribution in [0.25, 0.3) is 0 Å². The van der Waals surface area contributed by atoms with Crippen LogP contribution in [0.3, 0.4) is 0 Å². The van der Waals surface area contributed by atoms with Crippen molar-refractivity contribution in [2.24, 2.45) is 7.05 Å². The number of hydrogen-bond donors (Lipinski definition) is 0. The van der Waals surface area contributed by atoms with Crippen LogP contribution in [-0.2, 0) is 12.5 Å². The standard InChI is InChI=1S/C16H25F3N4O/c1-11(16(17,18)19)22-6-8-23(9-7-22)14(24)12-10-13(15(2,3)4)20-21(12)5/h10-11H,6-9H2,1-5H3/t11-/m0/s1. The molecular formula is C16H25F3N4O. The number of amides is 1. The highest BCUT2D eigenvalue weighted by atomic mass is 19.4. The number of carbonyl (C=O) groups is 1. The Kier molecular flexibility index (Phi) is 4.99. The molecule has 0 aliphatic carbocycles. The second kappa shape index (κ2) is 6.38. The van der Waals surface area contributed by atoms with E-state index in [2.05, 4.69) is 5.10 Å². The summed E-state index contributed by atoms with van der Waals surface area (Å²) >= 11 is 0. The van der Waals surface area contributed by atoms with Gasteiger partial charge in [0, 0.05) is 38.6 Å². The zero-order chi connectivity index (χ0) is 18.3. The third-order valence-corrected chi connectivity index (χ3v) is 4.49. The van der Waals surface area contributed by atoms with Gasteiger partial charge in [0.25, 0.3) is 5.91 Å². The summed E-state index contributed by atoms with van der Waals surface area (Å²) in [6.07, 6.45) is -4.24. The molecular weight excluding hydrogens is 321 g/mol. The van der Waals surface area contributed by atoms with E-state index >= 15 is 0 Å². The van der Waals surface area contributed by atoms with Crippen molar-refractivity contribution in [2.75, 3.05) is 26.2 Å². The average molecular weight is 346 g/mol.